The van der Waals surface area contributed by atoms with Gasteiger partial charge in [-0.15, -0.1) is 0 Å². The van der Waals surface area contributed by atoms with Gasteiger partial charge in [0.1, 0.15) is 0 Å². The Bertz CT molecular complexity index is 348. The van der Waals surface area contributed by atoms with Crippen LogP contribution in [0.15, 0.2) is 24.3 Å². The third-order valence-corrected chi connectivity index (χ3v) is 2.87. The highest BCUT2D eigenvalue weighted by Crippen LogP contribution is 2.15. The highest BCUT2D eigenvalue weighted by atomic mass is 16.5. The Balaban J connectivity index is 2.47. The first kappa shape index (κ1) is 15.2. The second-order valence-electron chi connectivity index (χ2n) is 6.28. The maximum absolute atomic E-state index is 6.09. The highest BCUT2D eigenvalue weighted by molar-refractivity contribution is 5.25. The van der Waals surface area contributed by atoms with Crippen molar-refractivity contribution < 1.29 is 4.74 Å². The van der Waals surface area contributed by atoms with Gasteiger partial charge in [0.15, 0.2) is 0 Å². The van der Waals surface area contributed by atoms with Crippen molar-refractivity contribution in [3.05, 3.63) is 35.4 Å². The van der Waals surface area contributed by atoms with E-state index in [4.69, 9.17) is 10.5 Å². The molecule has 0 saturated heterocycles. The lowest BCUT2D eigenvalue weighted by Crippen LogP contribution is -2.33. The van der Waals surface area contributed by atoms with Crippen LogP contribution in [0.25, 0.3) is 0 Å². The molecule has 2 nitrogen and oxygen atoms in total. The van der Waals surface area contributed by atoms with Gasteiger partial charge in [-0.2, -0.15) is 0 Å². The SMILES string of the molecule is CC(C)c1ccc(CC(N)COC(C)(C)C)cc1. The first-order valence-electron chi connectivity index (χ1n) is 6.76. The van der Waals surface area contributed by atoms with Crippen molar-refractivity contribution in [2.45, 2.75) is 58.6 Å². The van der Waals surface area contributed by atoms with Gasteiger partial charge in [0.05, 0.1) is 12.2 Å². The summed E-state index contributed by atoms with van der Waals surface area (Å²) in [5, 5.41) is 0. The average molecular weight is 249 g/mol. The van der Waals surface area contributed by atoms with Gasteiger partial charge in [0.25, 0.3) is 0 Å². The highest BCUT2D eigenvalue weighted by Gasteiger charge is 2.13. The van der Waals surface area contributed by atoms with Crippen LogP contribution < -0.4 is 5.73 Å². The van der Waals surface area contributed by atoms with Crippen LogP contribution in [0.1, 0.15) is 51.7 Å². The molecule has 0 heterocycles. The molecule has 0 aromatic heterocycles. The number of nitrogens with two attached hydrogens (primary N) is 1. The van der Waals surface area contributed by atoms with E-state index >= 15 is 0 Å². The predicted molar refractivity (Wildman–Crippen MR) is 77.9 cm³/mol. The lowest BCUT2D eigenvalue weighted by molar-refractivity contribution is -0.00983. The summed E-state index contributed by atoms with van der Waals surface area (Å²) in [4.78, 5) is 0. The van der Waals surface area contributed by atoms with Crippen LogP contribution in [-0.2, 0) is 11.2 Å². The minimum Gasteiger partial charge on any atom is -0.374 e. The van der Waals surface area contributed by atoms with Crippen LogP contribution in [0.4, 0.5) is 0 Å². The molecule has 0 aliphatic rings. The van der Waals surface area contributed by atoms with Crippen molar-refractivity contribution >= 4 is 0 Å². The van der Waals surface area contributed by atoms with Crippen molar-refractivity contribution in [1.29, 1.82) is 0 Å². The van der Waals surface area contributed by atoms with Gasteiger partial charge < -0.3 is 10.5 Å². The molecule has 0 spiro atoms. The molecule has 1 atom stereocenters. The molecular weight excluding hydrogens is 222 g/mol. The molecule has 0 amide bonds. The zero-order chi connectivity index (χ0) is 13.8. The summed E-state index contributed by atoms with van der Waals surface area (Å²) >= 11 is 0. The van der Waals surface area contributed by atoms with E-state index in [1.54, 1.807) is 0 Å². The second kappa shape index (κ2) is 6.35. The zero-order valence-corrected chi connectivity index (χ0v) is 12.4. The van der Waals surface area contributed by atoms with E-state index in [1.165, 1.54) is 11.1 Å². The standard InChI is InChI=1S/C16H27NO/c1-12(2)14-8-6-13(7-9-14)10-15(17)11-18-16(3,4)5/h6-9,12,15H,10-11,17H2,1-5H3. The molecule has 1 unspecified atom stereocenters. The van der Waals surface area contributed by atoms with Crippen molar-refractivity contribution in [1.82, 2.24) is 0 Å². The van der Waals surface area contributed by atoms with E-state index in [-0.39, 0.29) is 11.6 Å². The Morgan fingerprint density at radius 3 is 2.11 bits per heavy atom. The minimum absolute atomic E-state index is 0.0640. The second-order valence-corrected chi connectivity index (χ2v) is 6.28. The summed E-state index contributed by atoms with van der Waals surface area (Å²) in [5.41, 5.74) is 8.63. The molecule has 0 radical (unpaired) electrons. The van der Waals surface area contributed by atoms with Crippen molar-refractivity contribution in [3.8, 4) is 0 Å². The monoisotopic (exact) mass is 249 g/mol. The largest absolute Gasteiger partial charge is 0.374 e. The quantitative estimate of drug-likeness (QED) is 0.867. The summed E-state index contributed by atoms with van der Waals surface area (Å²) in [6.07, 6.45) is 0.869. The Morgan fingerprint density at radius 2 is 1.67 bits per heavy atom. The normalized spacial score (nSPS) is 13.9. The van der Waals surface area contributed by atoms with Crippen molar-refractivity contribution in [2.24, 2.45) is 5.73 Å². The van der Waals surface area contributed by atoms with Gasteiger partial charge >= 0.3 is 0 Å². The van der Waals surface area contributed by atoms with E-state index in [9.17, 15) is 0 Å². The number of hydrogen-bond donors (Lipinski definition) is 1. The van der Waals surface area contributed by atoms with Crippen LogP contribution in [0.3, 0.4) is 0 Å². The Hall–Kier alpha value is -0.860. The third-order valence-electron chi connectivity index (χ3n) is 2.87. The van der Waals surface area contributed by atoms with Gasteiger partial charge in [-0.3, -0.25) is 0 Å². The Kier molecular flexibility index (Phi) is 5.36. The number of rotatable bonds is 5. The lowest BCUT2D eigenvalue weighted by atomic mass is 9.99. The number of ether oxygens (including phenoxy) is 1. The fourth-order valence-corrected chi connectivity index (χ4v) is 1.76. The predicted octanol–water partition coefficient (Wildman–Crippen LogP) is 3.49. The van der Waals surface area contributed by atoms with Crippen molar-refractivity contribution in [2.75, 3.05) is 6.61 Å². The number of benzene rings is 1. The van der Waals surface area contributed by atoms with Gasteiger partial charge in [-0.1, -0.05) is 38.1 Å². The molecule has 2 N–H and O–H groups in total. The molecule has 18 heavy (non-hydrogen) atoms. The maximum Gasteiger partial charge on any atom is 0.0627 e. The molecule has 0 bridgehead atoms. The van der Waals surface area contributed by atoms with E-state index in [1.807, 2.05) is 0 Å². The summed E-state index contributed by atoms with van der Waals surface area (Å²) in [5.74, 6) is 0.581. The van der Waals surface area contributed by atoms with Gasteiger partial charge in [0.2, 0.25) is 0 Å². The van der Waals surface area contributed by atoms with Crippen LogP contribution >= 0.6 is 0 Å². The molecule has 102 valence electrons. The van der Waals surface area contributed by atoms with E-state index in [0.29, 0.717) is 12.5 Å². The molecule has 0 aliphatic carbocycles. The molecule has 0 aliphatic heterocycles. The Labute approximate surface area is 112 Å². The molecule has 2 heteroatoms. The zero-order valence-electron chi connectivity index (χ0n) is 12.4. The summed E-state index contributed by atoms with van der Waals surface area (Å²) < 4.78 is 5.70. The molecule has 0 saturated carbocycles. The van der Waals surface area contributed by atoms with Crippen LogP contribution in [0.2, 0.25) is 0 Å². The fourth-order valence-electron chi connectivity index (χ4n) is 1.76. The fraction of sp³-hybridized carbons (Fsp3) is 0.625. The van der Waals surface area contributed by atoms with Crippen LogP contribution in [-0.4, -0.2) is 18.2 Å². The Morgan fingerprint density at radius 1 is 1.11 bits per heavy atom. The van der Waals surface area contributed by atoms with Gasteiger partial charge in [-0.25, -0.2) is 0 Å². The van der Waals surface area contributed by atoms with Crippen LogP contribution in [0, 0.1) is 0 Å². The maximum atomic E-state index is 6.09. The molecule has 0 fully saturated rings. The van der Waals surface area contributed by atoms with E-state index in [0.717, 1.165) is 6.42 Å². The first-order chi connectivity index (χ1) is 8.28. The summed E-state index contributed by atoms with van der Waals surface area (Å²) in [6.45, 7) is 11.2. The molecule has 1 aromatic rings. The first-order valence-corrected chi connectivity index (χ1v) is 6.76. The van der Waals surface area contributed by atoms with E-state index < -0.39 is 0 Å². The average Bonchev–Trinajstić information content (AvgIpc) is 2.26. The van der Waals surface area contributed by atoms with Gasteiger partial charge in [0, 0.05) is 6.04 Å². The summed E-state index contributed by atoms with van der Waals surface area (Å²) in [7, 11) is 0. The van der Waals surface area contributed by atoms with Gasteiger partial charge in [-0.05, 0) is 44.2 Å². The minimum atomic E-state index is -0.112. The molecular formula is C16H27NO. The molecule has 1 rings (SSSR count). The van der Waals surface area contributed by atoms with E-state index in [2.05, 4.69) is 58.9 Å². The van der Waals surface area contributed by atoms with Crippen LogP contribution in [0.5, 0.6) is 0 Å². The topological polar surface area (TPSA) is 35.2 Å². The number of hydrogen-bond acceptors (Lipinski definition) is 2. The molecule has 1 aromatic carbocycles. The lowest BCUT2D eigenvalue weighted by Gasteiger charge is -2.22. The van der Waals surface area contributed by atoms with Crippen molar-refractivity contribution in [3.63, 3.8) is 0 Å². The third kappa shape index (κ3) is 5.65. The smallest absolute Gasteiger partial charge is 0.0627 e. The summed E-state index contributed by atoms with van der Waals surface area (Å²) in [6, 6.07) is 8.79.